The van der Waals surface area contributed by atoms with E-state index in [1.54, 1.807) is 31.1 Å². The first-order chi connectivity index (χ1) is 15.5. The van der Waals surface area contributed by atoms with Gasteiger partial charge in [-0.25, -0.2) is 4.39 Å². The molecule has 8 heteroatoms. The van der Waals surface area contributed by atoms with Crippen molar-refractivity contribution in [3.05, 3.63) is 76.9 Å². The van der Waals surface area contributed by atoms with E-state index in [0.29, 0.717) is 35.9 Å². The van der Waals surface area contributed by atoms with Crippen LogP contribution in [-0.4, -0.2) is 54.2 Å². The molecule has 1 amide bonds. The normalized spacial score (nSPS) is 14.4. The topological polar surface area (TPSA) is 68.0 Å². The van der Waals surface area contributed by atoms with Crippen LogP contribution in [-0.2, 0) is 13.2 Å². The van der Waals surface area contributed by atoms with E-state index in [2.05, 4.69) is 10.1 Å². The SMILES string of the molecule is COc1ccc(OCc2c(C(=O)N3CCN(Cc4ccc(F)cc4)CC3)noc2C)cc1. The van der Waals surface area contributed by atoms with Gasteiger partial charge in [0, 0.05) is 32.7 Å². The molecule has 2 aromatic carbocycles. The third-order valence-electron chi connectivity index (χ3n) is 5.61. The largest absolute Gasteiger partial charge is 0.497 e. The number of amides is 1. The Bertz CT molecular complexity index is 1040. The molecule has 0 spiro atoms. The van der Waals surface area contributed by atoms with Crippen molar-refractivity contribution >= 4 is 5.91 Å². The van der Waals surface area contributed by atoms with E-state index >= 15 is 0 Å². The summed E-state index contributed by atoms with van der Waals surface area (Å²) in [5.41, 5.74) is 2.00. The highest BCUT2D eigenvalue weighted by Gasteiger charge is 2.28. The minimum absolute atomic E-state index is 0.156. The number of carbonyl (C=O) groups excluding carboxylic acids is 1. The standard InChI is InChI=1S/C24H26FN3O4/c1-17-22(16-31-21-9-7-20(30-2)8-10-21)23(26-32-17)24(29)28-13-11-27(12-14-28)15-18-3-5-19(25)6-4-18/h3-10H,11-16H2,1-2H3. The van der Waals surface area contributed by atoms with Gasteiger partial charge in [-0.3, -0.25) is 9.69 Å². The van der Waals surface area contributed by atoms with Crippen LogP contribution in [0.4, 0.5) is 4.39 Å². The maximum absolute atomic E-state index is 13.1. The Morgan fingerprint density at radius 2 is 1.69 bits per heavy atom. The second-order valence-corrected chi connectivity index (χ2v) is 7.72. The first-order valence-corrected chi connectivity index (χ1v) is 10.5. The van der Waals surface area contributed by atoms with Gasteiger partial charge >= 0.3 is 0 Å². The van der Waals surface area contributed by atoms with E-state index in [9.17, 15) is 9.18 Å². The molecule has 4 rings (SSSR count). The van der Waals surface area contributed by atoms with Crippen molar-refractivity contribution in [2.24, 2.45) is 0 Å². The Kier molecular flexibility index (Phi) is 6.70. The summed E-state index contributed by atoms with van der Waals surface area (Å²) in [4.78, 5) is 17.1. The Morgan fingerprint density at radius 1 is 1.03 bits per heavy atom. The predicted octanol–water partition coefficient (Wildman–Crippen LogP) is 3.67. The highest BCUT2D eigenvalue weighted by atomic mass is 19.1. The van der Waals surface area contributed by atoms with Gasteiger partial charge in [0.05, 0.1) is 12.7 Å². The Morgan fingerprint density at radius 3 is 2.34 bits per heavy atom. The van der Waals surface area contributed by atoms with E-state index in [-0.39, 0.29) is 18.3 Å². The number of aromatic nitrogens is 1. The van der Waals surface area contributed by atoms with Gasteiger partial charge in [-0.15, -0.1) is 0 Å². The minimum atomic E-state index is -0.237. The number of benzene rings is 2. The van der Waals surface area contributed by atoms with Gasteiger partial charge in [-0.1, -0.05) is 17.3 Å². The number of piperazine rings is 1. The van der Waals surface area contributed by atoms with E-state index in [0.717, 1.165) is 30.9 Å². The summed E-state index contributed by atoms with van der Waals surface area (Å²) in [5, 5.41) is 4.01. The number of hydrogen-bond donors (Lipinski definition) is 0. The van der Waals surface area contributed by atoms with Crippen molar-refractivity contribution in [1.29, 1.82) is 0 Å². The zero-order valence-electron chi connectivity index (χ0n) is 18.2. The number of halogens is 1. The fourth-order valence-electron chi connectivity index (χ4n) is 3.66. The van der Waals surface area contributed by atoms with E-state index in [4.69, 9.17) is 14.0 Å². The van der Waals surface area contributed by atoms with Crippen molar-refractivity contribution in [3.63, 3.8) is 0 Å². The summed E-state index contributed by atoms with van der Waals surface area (Å²) >= 11 is 0. The summed E-state index contributed by atoms with van der Waals surface area (Å²) in [7, 11) is 1.61. The smallest absolute Gasteiger partial charge is 0.276 e. The maximum Gasteiger partial charge on any atom is 0.276 e. The third-order valence-corrected chi connectivity index (χ3v) is 5.61. The minimum Gasteiger partial charge on any atom is -0.497 e. The fraction of sp³-hybridized carbons (Fsp3) is 0.333. The molecule has 0 saturated carbocycles. The van der Waals surface area contributed by atoms with E-state index < -0.39 is 0 Å². The Balaban J connectivity index is 1.35. The van der Waals surface area contributed by atoms with Crippen molar-refractivity contribution in [1.82, 2.24) is 15.0 Å². The van der Waals surface area contributed by atoms with Gasteiger partial charge in [-0.05, 0) is 48.9 Å². The quantitative estimate of drug-likeness (QED) is 0.560. The molecule has 1 fully saturated rings. The molecular formula is C24H26FN3O4. The van der Waals surface area contributed by atoms with Gasteiger partial charge in [0.1, 0.15) is 29.7 Å². The van der Waals surface area contributed by atoms with Crippen molar-refractivity contribution in [2.45, 2.75) is 20.1 Å². The summed E-state index contributed by atoms with van der Waals surface area (Å²) in [5.74, 6) is 1.58. The first-order valence-electron chi connectivity index (χ1n) is 10.5. The zero-order valence-corrected chi connectivity index (χ0v) is 18.2. The highest BCUT2D eigenvalue weighted by molar-refractivity contribution is 5.93. The Hall–Kier alpha value is -3.39. The van der Waals surface area contributed by atoms with Gasteiger partial charge < -0.3 is 18.9 Å². The lowest BCUT2D eigenvalue weighted by atomic mass is 10.1. The average Bonchev–Trinajstić information content (AvgIpc) is 3.19. The summed E-state index contributed by atoms with van der Waals surface area (Å²) < 4.78 is 29.4. The number of ether oxygens (including phenoxy) is 2. The summed E-state index contributed by atoms with van der Waals surface area (Å²) in [6.07, 6.45) is 0. The second kappa shape index (κ2) is 9.82. The number of carbonyl (C=O) groups is 1. The van der Waals surface area contributed by atoms with Crippen LogP contribution < -0.4 is 9.47 Å². The molecule has 1 saturated heterocycles. The molecular weight excluding hydrogens is 413 g/mol. The van der Waals surface area contributed by atoms with Crippen LogP contribution in [0.25, 0.3) is 0 Å². The summed E-state index contributed by atoms with van der Waals surface area (Å²) in [6.45, 7) is 5.33. The number of methoxy groups -OCH3 is 1. The van der Waals surface area contributed by atoms with Crippen LogP contribution in [0.2, 0.25) is 0 Å². The van der Waals surface area contributed by atoms with Gasteiger partial charge in [0.2, 0.25) is 0 Å². The lowest BCUT2D eigenvalue weighted by Crippen LogP contribution is -2.48. The number of hydrogen-bond acceptors (Lipinski definition) is 6. The average molecular weight is 439 g/mol. The second-order valence-electron chi connectivity index (χ2n) is 7.72. The fourth-order valence-corrected chi connectivity index (χ4v) is 3.66. The monoisotopic (exact) mass is 439 g/mol. The molecule has 168 valence electrons. The van der Waals surface area contributed by atoms with Crippen LogP contribution in [0, 0.1) is 12.7 Å². The molecule has 32 heavy (non-hydrogen) atoms. The maximum atomic E-state index is 13.1. The van der Waals surface area contributed by atoms with E-state index in [1.165, 1.54) is 12.1 Å². The Labute approximate surface area is 186 Å². The van der Waals surface area contributed by atoms with Crippen LogP contribution in [0.3, 0.4) is 0 Å². The van der Waals surface area contributed by atoms with Crippen LogP contribution in [0.15, 0.2) is 53.1 Å². The molecule has 1 aliphatic rings. The van der Waals surface area contributed by atoms with Crippen LogP contribution in [0.1, 0.15) is 27.4 Å². The molecule has 0 unspecified atom stereocenters. The van der Waals surface area contributed by atoms with Crippen LogP contribution in [0.5, 0.6) is 11.5 Å². The van der Waals surface area contributed by atoms with Gasteiger partial charge in [0.15, 0.2) is 5.69 Å². The molecule has 1 aromatic heterocycles. The molecule has 0 bridgehead atoms. The van der Waals surface area contributed by atoms with Crippen molar-refractivity contribution in [3.8, 4) is 11.5 Å². The molecule has 0 aliphatic carbocycles. The molecule has 3 aromatic rings. The highest BCUT2D eigenvalue weighted by Crippen LogP contribution is 2.22. The van der Waals surface area contributed by atoms with E-state index in [1.807, 2.05) is 24.3 Å². The van der Waals surface area contributed by atoms with Gasteiger partial charge in [-0.2, -0.15) is 0 Å². The molecule has 0 atom stereocenters. The molecule has 0 radical (unpaired) electrons. The van der Waals surface area contributed by atoms with Crippen LogP contribution >= 0.6 is 0 Å². The lowest BCUT2D eigenvalue weighted by Gasteiger charge is -2.34. The van der Waals surface area contributed by atoms with Crippen molar-refractivity contribution in [2.75, 3.05) is 33.3 Å². The van der Waals surface area contributed by atoms with Gasteiger partial charge in [0.25, 0.3) is 5.91 Å². The molecule has 0 N–H and O–H groups in total. The summed E-state index contributed by atoms with van der Waals surface area (Å²) in [6, 6.07) is 13.8. The number of aryl methyl sites for hydroxylation is 1. The number of nitrogens with zero attached hydrogens (tertiary/aromatic N) is 3. The molecule has 1 aliphatic heterocycles. The molecule has 2 heterocycles. The number of rotatable bonds is 7. The molecule has 7 nitrogen and oxygen atoms in total. The zero-order chi connectivity index (χ0) is 22.5. The predicted molar refractivity (Wildman–Crippen MR) is 116 cm³/mol. The third kappa shape index (κ3) is 5.08. The lowest BCUT2D eigenvalue weighted by molar-refractivity contribution is 0.0616. The first kappa shape index (κ1) is 21.8. The van der Waals surface area contributed by atoms with Crippen molar-refractivity contribution < 1.29 is 23.2 Å².